The van der Waals surface area contributed by atoms with Gasteiger partial charge in [0.1, 0.15) is 17.3 Å². The van der Waals surface area contributed by atoms with Gasteiger partial charge in [0.05, 0.1) is 31.4 Å². The first-order chi connectivity index (χ1) is 15.8. The molecule has 0 saturated carbocycles. The summed E-state index contributed by atoms with van der Waals surface area (Å²) in [5.41, 5.74) is 0.136. The van der Waals surface area contributed by atoms with E-state index in [9.17, 15) is 14.4 Å². The molecule has 3 atom stereocenters. The van der Waals surface area contributed by atoms with Crippen molar-refractivity contribution in [3.63, 3.8) is 0 Å². The monoisotopic (exact) mass is 455 g/mol. The Bertz CT molecular complexity index is 1120. The highest BCUT2D eigenvalue weighted by molar-refractivity contribution is 6.05. The van der Waals surface area contributed by atoms with Gasteiger partial charge in [-0.25, -0.2) is 0 Å². The third-order valence-electron chi connectivity index (χ3n) is 6.09. The number of nitrogens with one attached hydrogen (secondary N) is 3. The predicted molar refractivity (Wildman–Crippen MR) is 124 cm³/mol. The van der Waals surface area contributed by atoms with E-state index in [-0.39, 0.29) is 23.7 Å². The Kier molecular flexibility index (Phi) is 6.26. The summed E-state index contributed by atoms with van der Waals surface area (Å²) in [5.74, 6) is 0.604. The van der Waals surface area contributed by atoms with Gasteiger partial charge in [0.2, 0.25) is 17.8 Å². The quantitative estimate of drug-likeness (QED) is 0.632. The zero-order valence-electron chi connectivity index (χ0n) is 19.2. The first kappa shape index (κ1) is 22.6. The first-order valence-corrected chi connectivity index (χ1v) is 11.0. The topological polar surface area (TPSA) is 126 Å². The highest BCUT2D eigenvalue weighted by Crippen LogP contribution is 2.34. The molecule has 1 saturated heterocycles. The molecule has 0 bridgehead atoms. The molecule has 0 aliphatic carbocycles. The number of nitrogens with zero attached hydrogens (tertiary/aromatic N) is 2. The molecule has 176 valence electrons. The fourth-order valence-electron chi connectivity index (χ4n) is 4.69. The molecule has 2 aliphatic rings. The minimum absolute atomic E-state index is 0.137. The lowest BCUT2D eigenvalue weighted by atomic mass is 9.91. The number of rotatable bonds is 5. The second kappa shape index (κ2) is 9.13. The molecule has 3 heterocycles. The molecule has 1 aromatic heterocycles. The van der Waals surface area contributed by atoms with Gasteiger partial charge in [0.25, 0.3) is 5.56 Å². The average Bonchev–Trinajstić information content (AvgIpc) is 2.77. The van der Waals surface area contributed by atoms with Gasteiger partial charge < -0.3 is 25.0 Å². The minimum Gasteiger partial charge on any atom is -0.497 e. The highest BCUT2D eigenvalue weighted by Gasteiger charge is 2.36. The number of fused-ring (bicyclic) bond motifs is 1. The van der Waals surface area contributed by atoms with Crippen LogP contribution in [0.5, 0.6) is 11.5 Å². The van der Waals surface area contributed by atoms with E-state index < -0.39 is 17.4 Å². The van der Waals surface area contributed by atoms with Crippen LogP contribution in [0.1, 0.15) is 38.2 Å². The van der Waals surface area contributed by atoms with E-state index in [4.69, 9.17) is 9.47 Å². The number of amides is 2. The number of hydrogen-bond donors (Lipinski definition) is 3. The van der Waals surface area contributed by atoms with Crippen molar-refractivity contribution in [1.29, 1.82) is 0 Å². The van der Waals surface area contributed by atoms with Crippen LogP contribution in [-0.2, 0) is 9.59 Å². The van der Waals surface area contributed by atoms with Gasteiger partial charge in [-0.3, -0.25) is 19.4 Å². The van der Waals surface area contributed by atoms with Crippen LogP contribution < -0.4 is 30.6 Å². The molecule has 1 fully saturated rings. The Hall–Kier alpha value is -3.56. The summed E-state index contributed by atoms with van der Waals surface area (Å²) in [6.07, 6.45) is 0.957. The fourth-order valence-corrected chi connectivity index (χ4v) is 4.69. The molecule has 1 aromatic carbocycles. The van der Waals surface area contributed by atoms with Gasteiger partial charge in [-0.1, -0.05) is 13.8 Å². The van der Waals surface area contributed by atoms with Crippen LogP contribution >= 0.6 is 0 Å². The molecule has 10 heteroatoms. The maximum atomic E-state index is 13.2. The smallest absolute Gasteiger partial charge is 0.258 e. The summed E-state index contributed by atoms with van der Waals surface area (Å²) in [4.78, 5) is 48.0. The lowest BCUT2D eigenvalue weighted by Gasteiger charge is -2.35. The largest absolute Gasteiger partial charge is 0.497 e. The number of carbonyl (C=O) groups is 2. The van der Waals surface area contributed by atoms with E-state index in [0.29, 0.717) is 35.0 Å². The maximum Gasteiger partial charge on any atom is 0.258 e. The van der Waals surface area contributed by atoms with Gasteiger partial charge in [-0.05, 0) is 30.4 Å². The van der Waals surface area contributed by atoms with Crippen LogP contribution in [-0.4, -0.2) is 49.1 Å². The van der Waals surface area contributed by atoms with E-state index in [1.807, 2.05) is 4.90 Å². The van der Waals surface area contributed by atoms with Crippen molar-refractivity contribution in [3.8, 4) is 11.5 Å². The Labute approximate surface area is 191 Å². The summed E-state index contributed by atoms with van der Waals surface area (Å²) in [5, 5.41) is 5.44. The number of anilines is 3. The Morgan fingerprint density at radius 1 is 1.15 bits per heavy atom. The molecule has 10 nitrogen and oxygen atoms in total. The van der Waals surface area contributed by atoms with Crippen LogP contribution in [0.15, 0.2) is 23.0 Å². The lowest BCUT2D eigenvalue weighted by Crippen LogP contribution is -2.42. The number of piperidine rings is 1. The normalized spacial score (nSPS) is 22.2. The number of aromatic amines is 1. The van der Waals surface area contributed by atoms with Crippen LogP contribution in [0.2, 0.25) is 0 Å². The number of benzene rings is 1. The van der Waals surface area contributed by atoms with Crippen LogP contribution in [0.25, 0.3) is 0 Å². The van der Waals surface area contributed by atoms with Crippen molar-refractivity contribution in [1.82, 2.24) is 9.97 Å². The average molecular weight is 456 g/mol. The van der Waals surface area contributed by atoms with Gasteiger partial charge in [-0.15, -0.1) is 0 Å². The molecule has 3 N–H and O–H groups in total. The summed E-state index contributed by atoms with van der Waals surface area (Å²) in [6, 6.07) is 4.96. The molecule has 2 aliphatic heterocycles. The number of carbonyl (C=O) groups excluding carboxylic acids is 2. The number of aromatic nitrogens is 2. The van der Waals surface area contributed by atoms with Crippen molar-refractivity contribution in [2.24, 2.45) is 11.8 Å². The zero-order chi connectivity index (χ0) is 23.7. The molecule has 0 spiro atoms. The van der Waals surface area contributed by atoms with E-state index in [1.165, 1.54) is 14.2 Å². The van der Waals surface area contributed by atoms with E-state index in [2.05, 4.69) is 34.4 Å². The van der Waals surface area contributed by atoms with Crippen molar-refractivity contribution < 1.29 is 19.1 Å². The molecular weight excluding hydrogens is 426 g/mol. The van der Waals surface area contributed by atoms with Crippen molar-refractivity contribution in [2.45, 2.75) is 32.6 Å². The summed E-state index contributed by atoms with van der Waals surface area (Å²) in [6.45, 7) is 5.85. The summed E-state index contributed by atoms with van der Waals surface area (Å²) in [7, 11) is 3.01. The van der Waals surface area contributed by atoms with Crippen molar-refractivity contribution >= 4 is 29.3 Å². The number of hydrogen-bond acceptors (Lipinski definition) is 7. The third-order valence-corrected chi connectivity index (χ3v) is 6.09. The van der Waals surface area contributed by atoms with Crippen LogP contribution in [0, 0.1) is 11.8 Å². The summed E-state index contributed by atoms with van der Waals surface area (Å²) < 4.78 is 10.5. The van der Waals surface area contributed by atoms with Crippen molar-refractivity contribution in [2.75, 3.05) is 42.8 Å². The second-order valence-corrected chi connectivity index (χ2v) is 8.86. The fraction of sp³-hybridized carbons (Fsp3) is 0.478. The summed E-state index contributed by atoms with van der Waals surface area (Å²) >= 11 is 0. The van der Waals surface area contributed by atoms with Gasteiger partial charge >= 0.3 is 0 Å². The SMILES string of the molecule is COc1ccc(NC(=O)[C@@H]2CC(=O)Nc3nc(N4C[C@H](C)C[C@H](C)C4)[nH]c(=O)c32)c(OC)c1. The van der Waals surface area contributed by atoms with Crippen molar-refractivity contribution in [3.05, 3.63) is 34.1 Å². The van der Waals surface area contributed by atoms with E-state index >= 15 is 0 Å². The van der Waals surface area contributed by atoms with Gasteiger partial charge in [0, 0.05) is 25.6 Å². The standard InChI is InChI=1S/C23H29N5O5/c1-12-7-13(2)11-28(10-12)23-26-20-19(22(31)27-23)15(9-18(29)25-20)21(30)24-16-6-5-14(32-3)8-17(16)33-4/h5-6,8,12-13,15H,7,9-11H2,1-4H3,(H,24,30)(H2,25,26,27,29,31)/t12-,13+,15-/m1/s1. The highest BCUT2D eigenvalue weighted by atomic mass is 16.5. The lowest BCUT2D eigenvalue weighted by molar-refractivity contribution is -0.123. The molecule has 2 aromatic rings. The maximum absolute atomic E-state index is 13.2. The Balaban J connectivity index is 1.64. The first-order valence-electron chi connectivity index (χ1n) is 11.0. The van der Waals surface area contributed by atoms with E-state index in [0.717, 1.165) is 19.5 Å². The molecule has 4 rings (SSSR count). The van der Waals surface area contributed by atoms with E-state index in [1.54, 1.807) is 18.2 Å². The Morgan fingerprint density at radius 3 is 2.55 bits per heavy atom. The van der Waals surface area contributed by atoms with Crippen LogP contribution in [0.3, 0.4) is 0 Å². The Morgan fingerprint density at radius 2 is 1.88 bits per heavy atom. The van der Waals surface area contributed by atoms with Gasteiger partial charge in [-0.2, -0.15) is 4.98 Å². The zero-order valence-corrected chi connectivity index (χ0v) is 19.2. The number of methoxy groups -OCH3 is 2. The van der Waals surface area contributed by atoms with Gasteiger partial charge in [0.15, 0.2) is 0 Å². The minimum atomic E-state index is -0.981. The molecular formula is C23H29N5O5. The number of ether oxygens (including phenoxy) is 2. The molecule has 2 amide bonds. The molecule has 0 unspecified atom stereocenters. The number of H-pyrrole nitrogens is 1. The van der Waals surface area contributed by atoms with Crippen LogP contribution in [0.4, 0.5) is 17.5 Å². The molecule has 0 radical (unpaired) electrons. The third kappa shape index (κ3) is 4.64. The molecule has 33 heavy (non-hydrogen) atoms. The second-order valence-electron chi connectivity index (χ2n) is 8.86. The predicted octanol–water partition coefficient (Wildman–Crippen LogP) is 2.33.